The maximum atomic E-state index is 6.32. The van der Waals surface area contributed by atoms with Crippen molar-refractivity contribution in [1.82, 2.24) is 4.90 Å². The predicted molar refractivity (Wildman–Crippen MR) is 55.5 cm³/mol. The van der Waals surface area contributed by atoms with Gasteiger partial charge in [-0.3, -0.25) is 4.90 Å². The van der Waals surface area contributed by atoms with Gasteiger partial charge in [0.05, 0.1) is 0 Å². The second kappa shape index (κ2) is 3.58. The minimum absolute atomic E-state index is 0.441. The zero-order valence-corrected chi connectivity index (χ0v) is 8.87. The third-order valence-electron chi connectivity index (χ3n) is 3.96. The summed E-state index contributed by atoms with van der Waals surface area (Å²) in [6, 6.07) is 1.15. The van der Waals surface area contributed by atoms with E-state index >= 15 is 0 Å². The molecule has 3 atom stereocenters. The third-order valence-corrected chi connectivity index (χ3v) is 3.96. The molecule has 2 aliphatic rings. The van der Waals surface area contributed by atoms with Crippen molar-refractivity contribution in [2.75, 3.05) is 13.1 Å². The van der Waals surface area contributed by atoms with Crippen molar-refractivity contribution < 1.29 is 0 Å². The Morgan fingerprint density at radius 1 is 1.23 bits per heavy atom. The van der Waals surface area contributed by atoms with Gasteiger partial charge in [-0.25, -0.2) is 0 Å². The maximum Gasteiger partial charge on any atom is 0.0250 e. The molecular weight excluding hydrogens is 160 g/mol. The quantitative estimate of drug-likeness (QED) is 0.665. The van der Waals surface area contributed by atoms with Crippen molar-refractivity contribution in [1.29, 1.82) is 0 Å². The largest absolute Gasteiger partial charge is 0.326 e. The fraction of sp³-hybridized carbons (Fsp3) is 1.00. The van der Waals surface area contributed by atoms with Gasteiger partial charge < -0.3 is 5.73 Å². The molecule has 0 amide bonds. The second-order valence-electron chi connectivity index (χ2n) is 5.02. The summed E-state index contributed by atoms with van der Waals surface area (Å²) >= 11 is 0. The molecule has 2 N–H and O–H groups in total. The third kappa shape index (κ3) is 1.62. The summed E-state index contributed by atoms with van der Waals surface area (Å²) in [5.41, 5.74) is 6.32. The Morgan fingerprint density at radius 2 is 2.00 bits per heavy atom. The van der Waals surface area contributed by atoms with E-state index in [1.54, 1.807) is 0 Å². The lowest BCUT2D eigenvalue weighted by atomic mass is 9.79. The number of fused-ring (bicyclic) bond motifs is 1. The van der Waals surface area contributed by atoms with Gasteiger partial charge in [-0.05, 0) is 44.2 Å². The predicted octanol–water partition coefficient (Wildman–Crippen LogP) is 1.45. The van der Waals surface area contributed by atoms with Crippen LogP contribution in [0.3, 0.4) is 0 Å². The van der Waals surface area contributed by atoms with E-state index in [1.165, 1.54) is 32.4 Å². The summed E-state index contributed by atoms with van der Waals surface area (Å²) in [7, 11) is 0. The summed E-state index contributed by atoms with van der Waals surface area (Å²) in [5.74, 6) is 1.53. The van der Waals surface area contributed by atoms with Crippen LogP contribution < -0.4 is 5.73 Å². The molecule has 2 rings (SSSR count). The van der Waals surface area contributed by atoms with Crippen LogP contribution in [0.15, 0.2) is 0 Å². The van der Waals surface area contributed by atoms with Crippen LogP contribution in [0.4, 0.5) is 0 Å². The van der Waals surface area contributed by atoms with Crippen LogP contribution in [-0.4, -0.2) is 30.1 Å². The van der Waals surface area contributed by atoms with E-state index in [0.717, 1.165) is 11.8 Å². The molecule has 0 saturated carbocycles. The van der Waals surface area contributed by atoms with Crippen molar-refractivity contribution >= 4 is 0 Å². The molecule has 0 aliphatic carbocycles. The molecule has 0 bridgehead atoms. The Morgan fingerprint density at radius 3 is 2.69 bits per heavy atom. The standard InChI is InChI=1S/C11H22N2/c1-8(2)9-5-7-13-6-3-4-10(13)11(9)12/h8-11H,3-7,12H2,1-2H3. The molecule has 0 aromatic heterocycles. The van der Waals surface area contributed by atoms with Crippen LogP contribution in [0.5, 0.6) is 0 Å². The first-order valence-electron chi connectivity index (χ1n) is 5.70. The molecule has 2 fully saturated rings. The highest BCUT2D eigenvalue weighted by Gasteiger charge is 2.38. The monoisotopic (exact) mass is 182 g/mol. The SMILES string of the molecule is CC(C)C1CCN2CCCC2C1N. The zero-order valence-electron chi connectivity index (χ0n) is 8.87. The molecule has 2 aliphatic heterocycles. The van der Waals surface area contributed by atoms with Gasteiger partial charge >= 0.3 is 0 Å². The number of hydrogen-bond donors (Lipinski definition) is 1. The Kier molecular flexibility index (Phi) is 2.61. The highest BCUT2D eigenvalue weighted by atomic mass is 15.2. The summed E-state index contributed by atoms with van der Waals surface area (Å²) in [4.78, 5) is 2.60. The van der Waals surface area contributed by atoms with Gasteiger partial charge in [0.1, 0.15) is 0 Å². The highest BCUT2D eigenvalue weighted by molar-refractivity contribution is 4.96. The summed E-state index contributed by atoms with van der Waals surface area (Å²) in [6.45, 7) is 7.22. The Labute approximate surface area is 81.5 Å². The topological polar surface area (TPSA) is 29.3 Å². The molecule has 0 radical (unpaired) electrons. The zero-order chi connectivity index (χ0) is 9.42. The lowest BCUT2D eigenvalue weighted by Crippen LogP contribution is -2.54. The van der Waals surface area contributed by atoms with Crippen LogP contribution in [0.25, 0.3) is 0 Å². The molecule has 0 aromatic rings. The molecule has 2 nitrogen and oxygen atoms in total. The molecule has 76 valence electrons. The summed E-state index contributed by atoms with van der Waals surface area (Å²) in [5, 5.41) is 0. The second-order valence-corrected chi connectivity index (χ2v) is 5.02. The van der Waals surface area contributed by atoms with Gasteiger partial charge in [-0.1, -0.05) is 13.8 Å². The van der Waals surface area contributed by atoms with Crippen LogP contribution in [-0.2, 0) is 0 Å². The van der Waals surface area contributed by atoms with E-state index in [2.05, 4.69) is 18.7 Å². The van der Waals surface area contributed by atoms with Gasteiger partial charge in [0, 0.05) is 12.1 Å². The molecule has 0 aromatic carbocycles. The van der Waals surface area contributed by atoms with Crippen LogP contribution in [0, 0.1) is 11.8 Å². The van der Waals surface area contributed by atoms with E-state index < -0.39 is 0 Å². The van der Waals surface area contributed by atoms with Gasteiger partial charge in [0.25, 0.3) is 0 Å². The number of rotatable bonds is 1. The number of piperidine rings is 1. The van der Waals surface area contributed by atoms with Crippen LogP contribution in [0.2, 0.25) is 0 Å². The lowest BCUT2D eigenvalue weighted by molar-refractivity contribution is 0.102. The van der Waals surface area contributed by atoms with Crippen molar-refractivity contribution in [2.45, 2.75) is 45.2 Å². The molecule has 3 unspecified atom stereocenters. The molecule has 0 spiro atoms. The fourth-order valence-corrected chi connectivity index (χ4v) is 3.14. The van der Waals surface area contributed by atoms with E-state index in [1.807, 2.05) is 0 Å². The normalized spacial score (nSPS) is 41.1. The van der Waals surface area contributed by atoms with Gasteiger partial charge in [-0.2, -0.15) is 0 Å². The van der Waals surface area contributed by atoms with Gasteiger partial charge in [0.15, 0.2) is 0 Å². The lowest BCUT2D eigenvalue weighted by Gasteiger charge is -2.42. The molecular formula is C11H22N2. The van der Waals surface area contributed by atoms with Crippen molar-refractivity contribution in [2.24, 2.45) is 17.6 Å². The summed E-state index contributed by atoms with van der Waals surface area (Å²) in [6.07, 6.45) is 4.02. The van der Waals surface area contributed by atoms with Crippen LogP contribution >= 0.6 is 0 Å². The van der Waals surface area contributed by atoms with Crippen molar-refractivity contribution in [3.8, 4) is 0 Å². The average molecular weight is 182 g/mol. The fourth-order valence-electron chi connectivity index (χ4n) is 3.14. The Bertz CT molecular complexity index is 177. The molecule has 2 saturated heterocycles. The van der Waals surface area contributed by atoms with E-state index in [0.29, 0.717) is 12.1 Å². The Balaban J connectivity index is 2.04. The Hall–Kier alpha value is -0.0800. The maximum absolute atomic E-state index is 6.32. The van der Waals surface area contributed by atoms with Crippen molar-refractivity contribution in [3.63, 3.8) is 0 Å². The van der Waals surface area contributed by atoms with E-state index in [9.17, 15) is 0 Å². The first kappa shape index (κ1) is 9.47. The van der Waals surface area contributed by atoms with E-state index in [4.69, 9.17) is 5.73 Å². The first-order valence-corrected chi connectivity index (χ1v) is 5.70. The minimum atomic E-state index is 0.441. The smallest absolute Gasteiger partial charge is 0.0250 e. The van der Waals surface area contributed by atoms with Gasteiger partial charge in [-0.15, -0.1) is 0 Å². The molecule has 2 heterocycles. The van der Waals surface area contributed by atoms with E-state index in [-0.39, 0.29) is 0 Å². The number of hydrogen-bond acceptors (Lipinski definition) is 2. The average Bonchev–Trinajstić information content (AvgIpc) is 2.52. The first-order chi connectivity index (χ1) is 6.20. The summed E-state index contributed by atoms with van der Waals surface area (Å²) < 4.78 is 0. The van der Waals surface area contributed by atoms with Crippen LogP contribution in [0.1, 0.15) is 33.1 Å². The van der Waals surface area contributed by atoms with Gasteiger partial charge in [0.2, 0.25) is 0 Å². The minimum Gasteiger partial charge on any atom is -0.326 e. The molecule has 2 heteroatoms. The number of nitrogens with two attached hydrogens (primary N) is 1. The number of nitrogens with zero attached hydrogens (tertiary/aromatic N) is 1. The highest BCUT2D eigenvalue weighted by Crippen LogP contribution is 2.33. The van der Waals surface area contributed by atoms with Crippen molar-refractivity contribution in [3.05, 3.63) is 0 Å². The molecule has 13 heavy (non-hydrogen) atoms.